The molecule has 0 radical (unpaired) electrons. The Kier molecular flexibility index (Phi) is 4.48. The van der Waals surface area contributed by atoms with Gasteiger partial charge in [-0.1, -0.05) is 41.1 Å². The van der Waals surface area contributed by atoms with Gasteiger partial charge in [-0.25, -0.2) is 0 Å². The van der Waals surface area contributed by atoms with Crippen molar-refractivity contribution in [1.82, 2.24) is 0 Å². The number of ketones is 1. The molecule has 2 atom stereocenters. The molecule has 0 aliphatic carbocycles. The van der Waals surface area contributed by atoms with Crippen molar-refractivity contribution in [3.05, 3.63) is 34.3 Å². The van der Waals surface area contributed by atoms with Crippen molar-refractivity contribution in [2.45, 2.75) is 26.3 Å². The number of benzene rings is 1. The summed E-state index contributed by atoms with van der Waals surface area (Å²) in [6.07, 6.45) is 0.449. The van der Waals surface area contributed by atoms with E-state index in [1.165, 1.54) is 0 Å². The van der Waals surface area contributed by atoms with E-state index in [4.69, 9.17) is 5.73 Å². The molecule has 0 aliphatic heterocycles. The predicted molar refractivity (Wildman–Crippen MR) is 65.7 cm³/mol. The number of hydrogen-bond acceptors (Lipinski definition) is 2. The fourth-order valence-corrected chi connectivity index (χ4v) is 1.71. The second kappa shape index (κ2) is 5.42. The van der Waals surface area contributed by atoms with Gasteiger partial charge in [-0.15, -0.1) is 0 Å². The number of carbonyl (C=O) groups is 1. The van der Waals surface area contributed by atoms with Crippen LogP contribution in [0.5, 0.6) is 0 Å². The number of carbonyl (C=O) groups excluding carboxylic acids is 1. The van der Waals surface area contributed by atoms with Crippen LogP contribution in [-0.2, 0) is 11.2 Å². The lowest BCUT2D eigenvalue weighted by Gasteiger charge is -2.14. The summed E-state index contributed by atoms with van der Waals surface area (Å²) >= 11 is 3.43. The molecule has 0 amide bonds. The van der Waals surface area contributed by atoms with Gasteiger partial charge < -0.3 is 5.73 Å². The SMILES string of the molecule is CC(N)C(C)C(=O)Cc1ccccc1Br. The van der Waals surface area contributed by atoms with Crippen molar-refractivity contribution in [3.8, 4) is 0 Å². The maximum Gasteiger partial charge on any atom is 0.141 e. The minimum absolute atomic E-state index is 0.0833. The summed E-state index contributed by atoms with van der Waals surface area (Å²) in [5.41, 5.74) is 6.72. The molecule has 1 aromatic rings. The zero-order chi connectivity index (χ0) is 11.4. The highest BCUT2D eigenvalue weighted by atomic mass is 79.9. The van der Waals surface area contributed by atoms with Crippen LogP contribution in [0.25, 0.3) is 0 Å². The topological polar surface area (TPSA) is 43.1 Å². The van der Waals surface area contributed by atoms with E-state index in [9.17, 15) is 4.79 Å². The first-order valence-corrected chi connectivity index (χ1v) is 5.83. The van der Waals surface area contributed by atoms with Crippen LogP contribution in [0.15, 0.2) is 28.7 Å². The highest BCUT2D eigenvalue weighted by molar-refractivity contribution is 9.10. The van der Waals surface area contributed by atoms with Crippen molar-refractivity contribution < 1.29 is 4.79 Å². The molecule has 1 aromatic carbocycles. The molecule has 1 rings (SSSR count). The normalized spacial score (nSPS) is 14.7. The number of Topliss-reactive ketones (excluding diaryl/α,β-unsaturated/α-hetero) is 1. The molecule has 0 spiro atoms. The fourth-order valence-electron chi connectivity index (χ4n) is 1.28. The van der Waals surface area contributed by atoms with Gasteiger partial charge in [-0.2, -0.15) is 0 Å². The van der Waals surface area contributed by atoms with Crippen molar-refractivity contribution >= 4 is 21.7 Å². The van der Waals surface area contributed by atoms with Crippen LogP contribution in [0.4, 0.5) is 0 Å². The van der Waals surface area contributed by atoms with Crippen LogP contribution >= 0.6 is 15.9 Å². The third-order valence-electron chi connectivity index (χ3n) is 2.62. The summed E-state index contributed by atoms with van der Waals surface area (Å²) < 4.78 is 0.982. The molecule has 0 fully saturated rings. The predicted octanol–water partition coefficient (Wildman–Crippen LogP) is 2.54. The van der Waals surface area contributed by atoms with Gasteiger partial charge in [-0.3, -0.25) is 4.79 Å². The molecule has 0 saturated heterocycles. The van der Waals surface area contributed by atoms with E-state index in [1.807, 2.05) is 38.1 Å². The Hall–Kier alpha value is -0.670. The van der Waals surface area contributed by atoms with E-state index < -0.39 is 0 Å². The molecular weight excluding hydrogens is 254 g/mol. The van der Waals surface area contributed by atoms with Crippen LogP contribution in [0.1, 0.15) is 19.4 Å². The van der Waals surface area contributed by atoms with Gasteiger partial charge >= 0.3 is 0 Å². The molecule has 2 unspecified atom stereocenters. The molecular formula is C12H16BrNO. The van der Waals surface area contributed by atoms with Gasteiger partial charge in [0, 0.05) is 22.9 Å². The second-order valence-corrected chi connectivity index (χ2v) is 4.74. The standard InChI is InChI=1S/C12H16BrNO/c1-8(9(2)14)12(15)7-10-5-3-4-6-11(10)13/h3-6,8-9H,7,14H2,1-2H3. The highest BCUT2D eigenvalue weighted by Gasteiger charge is 2.17. The summed E-state index contributed by atoms with van der Waals surface area (Å²) in [5, 5.41) is 0. The van der Waals surface area contributed by atoms with Gasteiger partial charge in [0.1, 0.15) is 5.78 Å². The third-order valence-corrected chi connectivity index (χ3v) is 3.39. The molecule has 0 bridgehead atoms. The number of halogens is 1. The quantitative estimate of drug-likeness (QED) is 0.913. The average Bonchev–Trinajstić information content (AvgIpc) is 2.20. The van der Waals surface area contributed by atoms with Crippen molar-refractivity contribution in [2.24, 2.45) is 11.7 Å². The van der Waals surface area contributed by atoms with Crippen LogP contribution < -0.4 is 5.73 Å². The Morgan fingerprint density at radius 3 is 2.53 bits per heavy atom. The Morgan fingerprint density at radius 1 is 1.40 bits per heavy atom. The maximum absolute atomic E-state index is 11.8. The van der Waals surface area contributed by atoms with Gasteiger partial charge in [0.2, 0.25) is 0 Å². The second-order valence-electron chi connectivity index (χ2n) is 3.88. The van der Waals surface area contributed by atoms with E-state index in [-0.39, 0.29) is 17.7 Å². The fraction of sp³-hybridized carbons (Fsp3) is 0.417. The lowest BCUT2D eigenvalue weighted by molar-refractivity contribution is -0.122. The Balaban J connectivity index is 2.71. The van der Waals surface area contributed by atoms with E-state index in [2.05, 4.69) is 15.9 Å². The number of hydrogen-bond donors (Lipinski definition) is 1. The summed E-state index contributed by atoms with van der Waals surface area (Å²) in [7, 11) is 0. The molecule has 0 aliphatic rings. The summed E-state index contributed by atoms with van der Waals surface area (Å²) in [4.78, 5) is 11.8. The molecule has 0 aromatic heterocycles. The van der Waals surface area contributed by atoms with Crippen molar-refractivity contribution in [2.75, 3.05) is 0 Å². The van der Waals surface area contributed by atoms with Gasteiger partial charge in [0.05, 0.1) is 0 Å². The first-order valence-electron chi connectivity index (χ1n) is 5.04. The molecule has 2 nitrogen and oxygen atoms in total. The molecule has 15 heavy (non-hydrogen) atoms. The highest BCUT2D eigenvalue weighted by Crippen LogP contribution is 2.18. The molecule has 0 heterocycles. The minimum atomic E-state index is -0.0860. The first kappa shape index (κ1) is 12.4. The van der Waals surface area contributed by atoms with Crippen LogP contribution in [0, 0.1) is 5.92 Å². The minimum Gasteiger partial charge on any atom is -0.327 e. The van der Waals surface area contributed by atoms with Gasteiger partial charge in [0.25, 0.3) is 0 Å². The smallest absolute Gasteiger partial charge is 0.141 e. The Bertz CT molecular complexity index is 349. The van der Waals surface area contributed by atoms with Crippen molar-refractivity contribution in [3.63, 3.8) is 0 Å². The van der Waals surface area contributed by atoms with Crippen LogP contribution in [-0.4, -0.2) is 11.8 Å². The van der Waals surface area contributed by atoms with E-state index in [0.29, 0.717) is 6.42 Å². The first-order chi connectivity index (χ1) is 7.02. The largest absolute Gasteiger partial charge is 0.327 e. The maximum atomic E-state index is 11.8. The van der Waals surface area contributed by atoms with E-state index >= 15 is 0 Å². The van der Waals surface area contributed by atoms with E-state index in [0.717, 1.165) is 10.0 Å². The Morgan fingerprint density at radius 2 is 2.00 bits per heavy atom. The van der Waals surface area contributed by atoms with E-state index in [1.54, 1.807) is 0 Å². The van der Waals surface area contributed by atoms with Crippen LogP contribution in [0.2, 0.25) is 0 Å². The van der Waals surface area contributed by atoms with Crippen molar-refractivity contribution in [1.29, 1.82) is 0 Å². The zero-order valence-corrected chi connectivity index (χ0v) is 10.6. The van der Waals surface area contributed by atoms with Gasteiger partial charge in [0.15, 0.2) is 0 Å². The molecule has 82 valence electrons. The average molecular weight is 270 g/mol. The lowest BCUT2D eigenvalue weighted by atomic mass is 9.94. The number of nitrogens with two attached hydrogens (primary N) is 1. The molecule has 2 N–H and O–H groups in total. The molecule has 0 saturated carbocycles. The van der Waals surface area contributed by atoms with Gasteiger partial charge in [-0.05, 0) is 18.6 Å². The Labute approximate surface area is 99.0 Å². The zero-order valence-electron chi connectivity index (χ0n) is 9.03. The number of rotatable bonds is 4. The molecule has 3 heteroatoms. The monoisotopic (exact) mass is 269 g/mol. The summed E-state index contributed by atoms with van der Waals surface area (Å²) in [6, 6.07) is 7.69. The summed E-state index contributed by atoms with van der Waals surface area (Å²) in [5.74, 6) is 0.106. The lowest BCUT2D eigenvalue weighted by Crippen LogP contribution is -2.31. The summed E-state index contributed by atoms with van der Waals surface area (Å²) in [6.45, 7) is 3.74. The third kappa shape index (κ3) is 3.43. The van der Waals surface area contributed by atoms with Crippen LogP contribution in [0.3, 0.4) is 0 Å².